The van der Waals surface area contributed by atoms with Crippen molar-refractivity contribution in [1.82, 2.24) is 0 Å². The highest BCUT2D eigenvalue weighted by molar-refractivity contribution is 4.83. The molecule has 0 aromatic heterocycles. The summed E-state index contributed by atoms with van der Waals surface area (Å²) in [6.07, 6.45) is 10.4. The second-order valence-corrected chi connectivity index (χ2v) is 4.89. The van der Waals surface area contributed by atoms with Crippen molar-refractivity contribution in [1.29, 1.82) is 0 Å². The van der Waals surface area contributed by atoms with Gasteiger partial charge in [-0.3, -0.25) is 0 Å². The molecular weight excluding hydrogens is 156 g/mol. The molecule has 3 unspecified atom stereocenters. The van der Waals surface area contributed by atoms with Crippen LogP contribution < -0.4 is 0 Å². The molecule has 0 bridgehead atoms. The molecule has 0 heterocycles. The third kappa shape index (κ3) is 4.50. The summed E-state index contributed by atoms with van der Waals surface area (Å²) < 4.78 is 0. The zero-order valence-electron chi connectivity index (χ0n) is 9.26. The molecule has 1 rings (SSSR count). The van der Waals surface area contributed by atoms with Gasteiger partial charge in [0.1, 0.15) is 0 Å². The Bertz CT molecular complexity index is 148. The summed E-state index contributed by atoms with van der Waals surface area (Å²) in [6.45, 7) is 8.55. The van der Waals surface area contributed by atoms with Crippen LogP contribution in [0.15, 0.2) is 12.7 Å². The van der Waals surface area contributed by atoms with E-state index in [1.165, 1.54) is 38.5 Å². The van der Waals surface area contributed by atoms with Gasteiger partial charge in [0.15, 0.2) is 0 Å². The molecule has 0 saturated heterocycles. The predicted molar refractivity (Wildman–Crippen MR) is 59.7 cm³/mol. The van der Waals surface area contributed by atoms with E-state index in [9.17, 15) is 0 Å². The minimum Gasteiger partial charge on any atom is -0.103 e. The fourth-order valence-electron chi connectivity index (χ4n) is 2.14. The number of hydrogen-bond donors (Lipinski definition) is 0. The summed E-state index contributed by atoms with van der Waals surface area (Å²) >= 11 is 0. The van der Waals surface area contributed by atoms with E-state index < -0.39 is 0 Å². The summed E-state index contributed by atoms with van der Waals surface area (Å²) in [7, 11) is 0. The van der Waals surface area contributed by atoms with Gasteiger partial charge in [0.25, 0.3) is 0 Å². The van der Waals surface area contributed by atoms with E-state index in [-0.39, 0.29) is 0 Å². The number of unbranched alkanes of at least 4 members (excludes halogenated alkanes) is 2. The summed E-state index contributed by atoms with van der Waals surface area (Å²) in [6, 6.07) is 0. The van der Waals surface area contributed by atoms with Crippen molar-refractivity contribution in [2.24, 2.45) is 17.8 Å². The Morgan fingerprint density at radius 2 is 2.15 bits per heavy atom. The Morgan fingerprint density at radius 1 is 1.46 bits per heavy atom. The molecule has 0 aliphatic heterocycles. The van der Waals surface area contributed by atoms with Gasteiger partial charge in [-0.05, 0) is 43.4 Å². The van der Waals surface area contributed by atoms with Crippen LogP contribution in [-0.2, 0) is 0 Å². The average molecular weight is 180 g/mol. The lowest BCUT2D eigenvalue weighted by Crippen LogP contribution is -1.96. The first-order valence-electron chi connectivity index (χ1n) is 5.85. The van der Waals surface area contributed by atoms with Gasteiger partial charge in [0.2, 0.25) is 0 Å². The van der Waals surface area contributed by atoms with Crippen LogP contribution in [0.1, 0.15) is 52.4 Å². The molecule has 3 atom stereocenters. The molecule has 0 aromatic rings. The van der Waals surface area contributed by atoms with E-state index in [0.29, 0.717) is 0 Å². The van der Waals surface area contributed by atoms with Crippen LogP contribution in [0, 0.1) is 17.8 Å². The number of allylic oxidation sites excluding steroid dienone is 1. The van der Waals surface area contributed by atoms with Crippen LogP contribution in [0.4, 0.5) is 0 Å². The largest absolute Gasteiger partial charge is 0.103 e. The minimum atomic E-state index is 0.958. The van der Waals surface area contributed by atoms with Gasteiger partial charge in [0, 0.05) is 0 Å². The smallest absolute Gasteiger partial charge is 0.0353 e. The van der Waals surface area contributed by atoms with E-state index in [0.717, 1.165) is 17.8 Å². The highest BCUT2D eigenvalue weighted by Gasteiger charge is 2.32. The summed E-state index contributed by atoms with van der Waals surface area (Å²) in [5.74, 6) is 3.07. The lowest BCUT2D eigenvalue weighted by atomic mass is 9.97. The fourth-order valence-corrected chi connectivity index (χ4v) is 2.14. The average Bonchev–Trinajstić information content (AvgIpc) is 2.76. The Labute approximate surface area is 83.4 Å². The molecule has 1 aliphatic rings. The standard InChI is InChI=1S/C13H24/c1-4-5-6-7-8-11(2)9-13-10-12(13)3/h4,11-13H,1,5-10H2,2-3H3. The molecule has 1 aliphatic carbocycles. The lowest BCUT2D eigenvalue weighted by molar-refractivity contribution is 0.433. The zero-order chi connectivity index (χ0) is 9.68. The van der Waals surface area contributed by atoms with Gasteiger partial charge in [-0.1, -0.05) is 32.8 Å². The maximum Gasteiger partial charge on any atom is -0.0353 e. The van der Waals surface area contributed by atoms with Gasteiger partial charge in [0.05, 0.1) is 0 Å². The highest BCUT2D eigenvalue weighted by atomic mass is 14.4. The number of hydrogen-bond acceptors (Lipinski definition) is 0. The molecule has 13 heavy (non-hydrogen) atoms. The molecule has 0 spiro atoms. The maximum absolute atomic E-state index is 3.75. The molecule has 0 aromatic carbocycles. The molecule has 0 N–H and O–H groups in total. The van der Waals surface area contributed by atoms with Crippen molar-refractivity contribution in [2.45, 2.75) is 52.4 Å². The van der Waals surface area contributed by atoms with Crippen molar-refractivity contribution in [2.75, 3.05) is 0 Å². The van der Waals surface area contributed by atoms with E-state index in [2.05, 4.69) is 20.4 Å². The third-order valence-electron chi connectivity index (χ3n) is 3.34. The minimum absolute atomic E-state index is 0.958. The quantitative estimate of drug-likeness (QED) is 0.402. The summed E-state index contributed by atoms with van der Waals surface area (Å²) in [5, 5.41) is 0. The van der Waals surface area contributed by atoms with Gasteiger partial charge in [-0.25, -0.2) is 0 Å². The van der Waals surface area contributed by atoms with E-state index in [1.807, 2.05) is 6.08 Å². The monoisotopic (exact) mass is 180 g/mol. The molecule has 0 radical (unpaired) electrons. The lowest BCUT2D eigenvalue weighted by Gasteiger charge is -2.09. The van der Waals surface area contributed by atoms with Crippen molar-refractivity contribution in [3.8, 4) is 0 Å². The van der Waals surface area contributed by atoms with Gasteiger partial charge < -0.3 is 0 Å². The van der Waals surface area contributed by atoms with Crippen LogP contribution in [-0.4, -0.2) is 0 Å². The Kier molecular flexibility index (Phi) is 4.55. The summed E-state index contributed by atoms with van der Waals surface area (Å²) in [5.41, 5.74) is 0. The molecule has 76 valence electrons. The van der Waals surface area contributed by atoms with Crippen molar-refractivity contribution < 1.29 is 0 Å². The molecule has 1 fully saturated rings. The van der Waals surface area contributed by atoms with Crippen LogP contribution in [0.5, 0.6) is 0 Å². The van der Waals surface area contributed by atoms with Crippen LogP contribution in [0.3, 0.4) is 0 Å². The second-order valence-electron chi connectivity index (χ2n) is 4.89. The zero-order valence-corrected chi connectivity index (χ0v) is 9.26. The van der Waals surface area contributed by atoms with E-state index in [4.69, 9.17) is 0 Å². The highest BCUT2D eigenvalue weighted by Crippen LogP contribution is 2.43. The Morgan fingerprint density at radius 3 is 2.69 bits per heavy atom. The van der Waals surface area contributed by atoms with Crippen molar-refractivity contribution >= 4 is 0 Å². The first-order valence-corrected chi connectivity index (χ1v) is 5.85. The molecule has 0 heteroatoms. The van der Waals surface area contributed by atoms with Crippen LogP contribution in [0.2, 0.25) is 0 Å². The van der Waals surface area contributed by atoms with Crippen LogP contribution >= 0.6 is 0 Å². The van der Waals surface area contributed by atoms with E-state index >= 15 is 0 Å². The third-order valence-corrected chi connectivity index (χ3v) is 3.34. The Balaban J connectivity index is 1.91. The number of rotatable bonds is 7. The first-order chi connectivity index (χ1) is 6.24. The van der Waals surface area contributed by atoms with Crippen molar-refractivity contribution in [3.63, 3.8) is 0 Å². The first kappa shape index (κ1) is 10.8. The topological polar surface area (TPSA) is 0 Å². The van der Waals surface area contributed by atoms with Crippen LogP contribution in [0.25, 0.3) is 0 Å². The molecular formula is C13H24. The van der Waals surface area contributed by atoms with Gasteiger partial charge in [-0.15, -0.1) is 6.58 Å². The van der Waals surface area contributed by atoms with Gasteiger partial charge >= 0.3 is 0 Å². The maximum atomic E-state index is 3.75. The molecule has 1 saturated carbocycles. The fraction of sp³-hybridized carbons (Fsp3) is 0.846. The van der Waals surface area contributed by atoms with E-state index in [1.54, 1.807) is 0 Å². The molecule has 0 amide bonds. The second kappa shape index (κ2) is 5.47. The van der Waals surface area contributed by atoms with Crippen molar-refractivity contribution in [3.05, 3.63) is 12.7 Å². The SMILES string of the molecule is C=CCCCCC(C)CC1CC1C. The molecule has 0 nitrogen and oxygen atoms in total. The Hall–Kier alpha value is -0.260. The normalized spacial score (nSPS) is 28.5. The van der Waals surface area contributed by atoms with Gasteiger partial charge in [-0.2, -0.15) is 0 Å². The predicted octanol–water partition coefficient (Wildman–Crippen LogP) is 4.42. The summed E-state index contributed by atoms with van der Waals surface area (Å²) in [4.78, 5) is 0.